The number of nitrogens with one attached hydrogen (secondary N) is 1. The number of hydrogen-bond acceptors (Lipinski definition) is 3. The predicted octanol–water partition coefficient (Wildman–Crippen LogP) is 3.17. The molecular weight excluding hydrogens is 324 g/mol. The van der Waals surface area contributed by atoms with Crippen LogP contribution in [0.1, 0.15) is 26.7 Å². The first kappa shape index (κ1) is 16.5. The van der Waals surface area contributed by atoms with E-state index in [9.17, 15) is 4.79 Å². The van der Waals surface area contributed by atoms with E-state index in [0.717, 1.165) is 29.6 Å². The van der Waals surface area contributed by atoms with Gasteiger partial charge < -0.3 is 11.1 Å². The summed E-state index contributed by atoms with van der Waals surface area (Å²) >= 11 is 5.22. The van der Waals surface area contributed by atoms with Crippen molar-refractivity contribution in [1.29, 1.82) is 0 Å². The summed E-state index contributed by atoms with van der Waals surface area (Å²) in [7, 11) is 0. The number of nitrogens with two attached hydrogens (primary N) is 1. The van der Waals surface area contributed by atoms with Gasteiger partial charge in [0.2, 0.25) is 5.91 Å². The van der Waals surface area contributed by atoms with E-state index in [-0.39, 0.29) is 5.91 Å². The monoisotopic (exact) mass is 344 g/mol. The van der Waals surface area contributed by atoms with Crippen LogP contribution >= 0.6 is 27.7 Å². The van der Waals surface area contributed by atoms with E-state index in [0.29, 0.717) is 0 Å². The van der Waals surface area contributed by atoms with Crippen LogP contribution in [0.3, 0.4) is 0 Å². The maximum absolute atomic E-state index is 11.5. The van der Waals surface area contributed by atoms with Gasteiger partial charge in [-0.2, -0.15) is 0 Å². The van der Waals surface area contributed by atoms with Gasteiger partial charge in [0, 0.05) is 9.37 Å². The highest BCUT2D eigenvalue weighted by Gasteiger charge is 2.28. The van der Waals surface area contributed by atoms with Gasteiger partial charge >= 0.3 is 0 Å². The lowest BCUT2D eigenvalue weighted by atomic mass is 9.95. The van der Waals surface area contributed by atoms with Gasteiger partial charge in [-0.1, -0.05) is 22.9 Å². The topological polar surface area (TPSA) is 55.1 Å². The highest BCUT2D eigenvalue weighted by Crippen LogP contribution is 2.23. The summed E-state index contributed by atoms with van der Waals surface area (Å²) in [6.07, 6.45) is 1.72. The second kappa shape index (κ2) is 7.92. The number of halogens is 1. The molecule has 0 aliphatic rings. The summed E-state index contributed by atoms with van der Waals surface area (Å²) < 4.78 is 1.09. The Kier molecular flexibility index (Phi) is 6.89. The van der Waals surface area contributed by atoms with Gasteiger partial charge in [-0.3, -0.25) is 4.79 Å². The minimum atomic E-state index is -0.588. The molecule has 0 aromatic heterocycles. The molecule has 0 aliphatic heterocycles. The number of benzene rings is 1. The largest absolute Gasteiger partial charge is 0.368 e. The van der Waals surface area contributed by atoms with Crippen LogP contribution in [0, 0.1) is 0 Å². The molecule has 5 heteroatoms. The molecule has 0 radical (unpaired) electrons. The first-order valence-corrected chi connectivity index (χ1v) is 8.19. The minimum absolute atomic E-state index is 0.275. The van der Waals surface area contributed by atoms with Crippen LogP contribution in [0.25, 0.3) is 0 Å². The smallest absolute Gasteiger partial charge is 0.237 e. The first-order valence-electron chi connectivity index (χ1n) is 6.41. The molecular formula is C14H21BrN2OS. The second-order valence-corrected chi connectivity index (χ2v) is 6.72. The van der Waals surface area contributed by atoms with E-state index in [4.69, 9.17) is 5.73 Å². The van der Waals surface area contributed by atoms with Gasteiger partial charge in [0.1, 0.15) is 0 Å². The number of carbonyl (C=O) groups is 1. The minimum Gasteiger partial charge on any atom is -0.368 e. The number of primary amides is 1. The molecule has 1 atom stereocenters. The maximum atomic E-state index is 11.5. The highest BCUT2D eigenvalue weighted by molar-refractivity contribution is 9.10. The molecule has 0 fully saturated rings. The third kappa shape index (κ3) is 5.55. The lowest BCUT2D eigenvalue weighted by Crippen LogP contribution is -2.53. The van der Waals surface area contributed by atoms with Crippen molar-refractivity contribution in [2.45, 2.75) is 37.1 Å². The molecule has 1 unspecified atom stereocenters. The van der Waals surface area contributed by atoms with Gasteiger partial charge in [0.25, 0.3) is 0 Å². The van der Waals surface area contributed by atoms with Crippen molar-refractivity contribution < 1.29 is 4.79 Å². The molecule has 1 rings (SSSR count). The molecule has 3 nitrogen and oxygen atoms in total. The highest BCUT2D eigenvalue weighted by atomic mass is 79.9. The number of carbonyl (C=O) groups excluding carboxylic acids is 1. The van der Waals surface area contributed by atoms with Crippen molar-refractivity contribution in [2.75, 3.05) is 12.3 Å². The van der Waals surface area contributed by atoms with E-state index >= 15 is 0 Å². The molecule has 3 N–H and O–H groups in total. The molecule has 1 aromatic rings. The number of likely N-dealkylation sites (N-methyl/N-ethyl adjacent to an activating group) is 1. The molecule has 0 heterocycles. The molecule has 0 spiro atoms. The SMILES string of the molecule is CCNC(C)(CCCSc1ccc(Br)cc1)C(N)=O. The van der Waals surface area contributed by atoms with Crippen LogP contribution in [-0.4, -0.2) is 23.7 Å². The zero-order chi connectivity index (χ0) is 14.3. The Bertz CT molecular complexity index is 410. The zero-order valence-corrected chi connectivity index (χ0v) is 13.8. The Morgan fingerprint density at radius 3 is 2.58 bits per heavy atom. The quantitative estimate of drug-likeness (QED) is 0.562. The maximum Gasteiger partial charge on any atom is 0.237 e. The summed E-state index contributed by atoms with van der Waals surface area (Å²) in [5.41, 5.74) is 4.87. The molecule has 0 bridgehead atoms. The standard InChI is InChI=1S/C14H21BrN2OS/c1-3-17-14(2,13(16)18)9-4-10-19-12-7-5-11(15)6-8-12/h5-8,17H,3-4,9-10H2,1-2H3,(H2,16,18). The summed E-state index contributed by atoms with van der Waals surface area (Å²) in [6, 6.07) is 8.25. The van der Waals surface area contributed by atoms with E-state index in [1.807, 2.05) is 26.0 Å². The van der Waals surface area contributed by atoms with Gasteiger partial charge in [-0.15, -0.1) is 11.8 Å². The van der Waals surface area contributed by atoms with E-state index < -0.39 is 5.54 Å². The average molecular weight is 345 g/mol. The van der Waals surface area contributed by atoms with E-state index in [1.54, 1.807) is 11.8 Å². The van der Waals surface area contributed by atoms with Crippen molar-refractivity contribution >= 4 is 33.6 Å². The van der Waals surface area contributed by atoms with Gasteiger partial charge in [0.15, 0.2) is 0 Å². The van der Waals surface area contributed by atoms with Gasteiger partial charge in [-0.25, -0.2) is 0 Å². The fourth-order valence-corrected chi connectivity index (χ4v) is 2.95. The lowest BCUT2D eigenvalue weighted by Gasteiger charge is -2.26. The van der Waals surface area contributed by atoms with E-state index in [2.05, 4.69) is 33.4 Å². The van der Waals surface area contributed by atoms with Crippen LogP contribution in [0.2, 0.25) is 0 Å². The van der Waals surface area contributed by atoms with Crippen molar-refractivity contribution in [1.82, 2.24) is 5.32 Å². The number of amides is 1. The van der Waals surface area contributed by atoms with Crippen LogP contribution in [0.15, 0.2) is 33.6 Å². The normalized spacial score (nSPS) is 14.1. The van der Waals surface area contributed by atoms with Crippen LogP contribution in [0.4, 0.5) is 0 Å². The van der Waals surface area contributed by atoms with Crippen LogP contribution < -0.4 is 11.1 Å². The van der Waals surface area contributed by atoms with Gasteiger partial charge in [0.05, 0.1) is 5.54 Å². The fraction of sp³-hybridized carbons (Fsp3) is 0.500. The summed E-state index contributed by atoms with van der Waals surface area (Å²) in [5, 5.41) is 3.17. The molecule has 106 valence electrons. The number of rotatable bonds is 8. The molecule has 19 heavy (non-hydrogen) atoms. The van der Waals surface area contributed by atoms with E-state index in [1.165, 1.54) is 4.90 Å². The Morgan fingerprint density at radius 2 is 2.05 bits per heavy atom. The van der Waals surface area contributed by atoms with Crippen molar-refractivity contribution in [3.63, 3.8) is 0 Å². The second-order valence-electron chi connectivity index (χ2n) is 4.63. The Labute approximate surface area is 127 Å². The summed E-state index contributed by atoms with van der Waals surface area (Å²) in [5.74, 6) is 0.707. The summed E-state index contributed by atoms with van der Waals surface area (Å²) in [6.45, 7) is 4.61. The molecule has 0 saturated carbocycles. The van der Waals surface area contributed by atoms with Gasteiger partial charge in [-0.05, 0) is 56.3 Å². The Balaban J connectivity index is 2.36. The predicted molar refractivity (Wildman–Crippen MR) is 85.4 cm³/mol. The molecule has 0 saturated heterocycles. The van der Waals surface area contributed by atoms with Crippen molar-refractivity contribution in [3.8, 4) is 0 Å². The van der Waals surface area contributed by atoms with Crippen molar-refractivity contribution in [2.24, 2.45) is 5.73 Å². The lowest BCUT2D eigenvalue weighted by molar-refractivity contribution is -0.124. The van der Waals surface area contributed by atoms with Crippen LogP contribution in [-0.2, 0) is 4.79 Å². The number of thioether (sulfide) groups is 1. The Morgan fingerprint density at radius 1 is 1.42 bits per heavy atom. The third-order valence-electron chi connectivity index (χ3n) is 3.01. The first-order chi connectivity index (χ1) is 8.98. The summed E-state index contributed by atoms with van der Waals surface area (Å²) in [4.78, 5) is 12.7. The zero-order valence-electron chi connectivity index (χ0n) is 11.4. The molecule has 1 amide bonds. The third-order valence-corrected chi connectivity index (χ3v) is 4.64. The fourth-order valence-electron chi connectivity index (χ4n) is 1.84. The average Bonchev–Trinajstić information content (AvgIpc) is 2.37. The number of hydrogen-bond donors (Lipinski definition) is 2. The molecule has 1 aromatic carbocycles. The Hall–Kier alpha value is -0.520. The molecule has 0 aliphatic carbocycles. The van der Waals surface area contributed by atoms with Crippen LogP contribution in [0.5, 0.6) is 0 Å². The van der Waals surface area contributed by atoms with Crippen molar-refractivity contribution in [3.05, 3.63) is 28.7 Å².